The summed E-state index contributed by atoms with van der Waals surface area (Å²) in [6.07, 6.45) is 6.11. The maximum atomic E-state index is 13.0. The molecule has 0 bridgehead atoms. The second-order valence-electron chi connectivity index (χ2n) is 9.79. The van der Waals surface area contributed by atoms with E-state index in [4.69, 9.17) is 0 Å². The maximum Gasteiger partial charge on any atom is 0.255 e. The number of carbonyl (C=O) groups is 3. The van der Waals surface area contributed by atoms with Crippen LogP contribution in [0.4, 0.5) is 5.69 Å². The zero-order chi connectivity index (χ0) is 25.4. The quantitative estimate of drug-likeness (QED) is 0.541. The van der Waals surface area contributed by atoms with Crippen molar-refractivity contribution in [2.45, 2.75) is 32.0 Å². The lowest BCUT2D eigenvalue weighted by atomic mass is 10.0. The molecule has 0 aliphatic carbocycles. The molecule has 188 valence electrons. The minimum Gasteiger partial charge on any atom is -0.369 e. The molecular formula is C28H28N6O3. The second kappa shape index (κ2) is 9.74. The maximum absolute atomic E-state index is 13.0. The Labute approximate surface area is 215 Å². The Kier molecular flexibility index (Phi) is 6.13. The van der Waals surface area contributed by atoms with Crippen LogP contribution < -0.4 is 10.2 Å². The molecule has 9 nitrogen and oxygen atoms in total. The van der Waals surface area contributed by atoms with Crippen LogP contribution in [0.3, 0.4) is 0 Å². The molecule has 2 fully saturated rings. The molecule has 3 aliphatic rings. The highest BCUT2D eigenvalue weighted by atomic mass is 16.2. The Balaban J connectivity index is 1.13. The van der Waals surface area contributed by atoms with Gasteiger partial charge in [0.2, 0.25) is 11.8 Å². The third-order valence-corrected chi connectivity index (χ3v) is 7.45. The fraction of sp³-hybridized carbons (Fsp3) is 0.321. The minimum atomic E-state index is -0.610. The molecular weight excluding hydrogens is 468 g/mol. The van der Waals surface area contributed by atoms with Crippen LogP contribution in [0.25, 0.3) is 11.3 Å². The van der Waals surface area contributed by atoms with Crippen molar-refractivity contribution in [3.05, 3.63) is 77.7 Å². The Morgan fingerprint density at radius 3 is 2.51 bits per heavy atom. The second-order valence-corrected chi connectivity index (χ2v) is 9.79. The van der Waals surface area contributed by atoms with E-state index >= 15 is 0 Å². The number of piperidine rings is 1. The normalized spacial score (nSPS) is 20.2. The van der Waals surface area contributed by atoms with Gasteiger partial charge in [-0.15, -0.1) is 0 Å². The van der Waals surface area contributed by atoms with Gasteiger partial charge in [0.15, 0.2) is 0 Å². The predicted molar refractivity (Wildman–Crippen MR) is 137 cm³/mol. The number of hydrogen-bond donors (Lipinski definition) is 1. The molecule has 5 heterocycles. The standard InChI is InChI=1S/C28H28N6O3/c35-26-4-3-25(27(36)31-26)34-18-21-16-20(1-2-23(21)28(34)37)24-15-19(5-10-30-24)17-32-11-13-33(14-12-32)22-6-8-29-9-7-22/h1-2,5-10,15-16,25H,3-4,11-14,17-18H2,(H,31,35,36). The summed E-state index contributed by atoms with van der Waals surface area (Å²) in [6, 6.07) is 13.4. The number of hydrogen-bond acceptors (Lipinski definition) is 7. The summed E-state index contributed by atoms with van der Waals surface area (Å²) in [6.45, 7) is 5.13. The number of anilines is 1. The summed E-state index contributed by atoms with van der Waals surface area (Å²) in [5, 5.41) is 2.35. The van der Waals surface area contributed by atoms with E-state index in [0.717, 1.165) is 49.5 Å². The fourth-order valence-electron chi connectivity index (χ4n) is 5.44. The molecule has 3 aromatic rings. The number of pyridine rings is 2. The van der Waals surface area contributed by atoms with Gasteiger partial charge in [-0.05, 0) is 53.9 Å². The van der Waals surface area contributed by atoms with Gasteiger partial charge in [-0.3, -0.25) is 34.6 Å². The first-order chi connectivity index (χ1) is 18.0. The van der Waals surface area contributed by atoms with Gasteiger partial charge in [-0.25, -0.2) is 0 Å². The van der Waals surface area contributed by atoms with Crippen LogP contribution in [0.15, 0.2) is 61.1 Å². The van der Waals surface area contributed by atoms with Crippen molar-refractivity contribution in [3.8, 4) is 11.3 Å². The molecule has 2 saturated heterocycles. The van der Waals surface area contributed by atoms with Gasteiger partial charge in [-0.1, -0.05) is 6.07 Å². The summed E-state index contributed by atoms with van der Waals surface area (Å²) in [5.41, 5.74) is 5.71. The molecule has 0 radical (unpaired) electrons. The number of imide groups is 1. The van der Waals surface area contributed by atoms with Crippen molar-refractivity contribution < 1.29 is 14.4 Å². The fourth-order valence-corrected chi connectivity index (χ4v) is 5.44. The molecule has 2 aromatic heterocycles. The smallest absolute Gasteiger partial charge is 0.255 e. The third kappa shape index (κ3) is 4.70. The Morgan fingerprint density at radius 1 is 0.919 bits per heavy atom. The predicted octanol–water partition coefficient (Wildman–Crippen LogP) is 2.23. The van der Waals surface area contributed by atoms with Gasteiger partial charge < -0.3 is 9.80 Å². The average molecular weight is 497 g/mol. The number of nitrogens with zero attached hydrogens (tertiary/aromatic N) is 5. The third-order valence-electron chi connectivity index (χ3n) is 7.45. The zero-order valence-corrected chi connectivity index (χ0v) is 20.5. The highest BCUT2D eigenvalue weighted by Gasteiger charge is 2.39. The van der Waals surface area contributed by atoms with E-state index in [1.807, 2.05) is 36.8 Å². The van der Waals surface area contributed by atoms with Gasteiger partial charge in [-0.2, -0.15) is 0 Å². The molecule has 1 aromatic carbocycles. The number of rotatable bonds is 5. The molecule has 37 heavy (non-hydrogen) atoms. The SMILES string of the molecule is O=C1CCC(N2Cc3cc(-c4cc(CN5CCN(c6ccncc6)CC5)ccn4)ccc3C2=O)C(=O)N1. The number of piperazine rings is 1. The number of amides is 3. The Hall–Kier alpha value is -4.11. The molecule has 0 saturated carbocycles. The van der Waals surface area contributed by atoms with Gasteiger partial charge in [0, 0.05) is 81.1 Å². The van der Waals surface area contributed by atoms with E-state index in [1.165, 1.54) is 11.3 Å². The largest absolute Gasteiger partial charge is 0.369 e. The van der Waals surface area contributed by atoms with E-state index in [2.05, 4.69) is 49.4 Å². The average Bonchev–Trinajstić information content (AvgIpc) is 3.25. The minimum absolute atomic E-state index is 0.163. The summed E-state index contributed by atoms with van der Waals surface area (Å²) >= 11 is 0. The van der Waals surface area contributed by atoms with E-state index in [1.54, 1.807) is 4.90 Å². The Morgan fingerprint density at radius 2 is 1.73 bits per heavy atom. The number of fused-ring (bicyclic) bond motifs is 1. The van der Waals surface area contributed by atoms with E-state index in [9.17, 15) is 14.4 Å². The highest BCUT2D eigenvalue weighted by molar-refractivity contribution is 6.05. The molecule has 9 heteroatoms. The van der Waals surface area contributed by atoms with Gasteiger partial charge in [0.05, 0.1) is 5.69 Å². The van der Waals surface area contributed by atoms with Crippen LogP contribution in [0.5, 0.6) is 0 Å². The van der Waals surface area contributed by atoms with Crippen molar-refractivity contribution >= 4 is 23.4 Å². The van der Waals surface area contributed by atoms with Crippen molar-refractivity contribution in [1.82, 2.24) is 25.1 Å². The molecule has 1 N–H and O–H groups in total. The van der Waals surface area contributed by atoms with E-state index in [0.29, 0.717) is 18.5 Å². The lowest BCUT2D eigenvalue weighted by molar-refractivity contribution is -0.136. The van der Waals surface area contributed by atoms with Crippen molar-refractivity contribution in [2.24, 2.45) is 0 Å². The summed E-state index contributed by atoms with van der Waals surface area (Å²) < 4.78 is 0. The molecule has 3 aliphatic heterocycles. The monoisotopic (exact) mass is 496 g/mol. The first-order valence-corrected chi connectivity index (χ1v) is 12.7. The number of benzene rings is 1. The van der Waals surface area contributed by atoms with E-state index in [-0.39, 0.29) is 18.2 Å². The first kappa shape index (κ1) is 23.3. The van der Waals surface area contributed by atoms with Crippen LogP contribution in [-0.4, -0.2) is 69.7 Å². The first-order valence-electron chi connectivity index (χ1n) is 12.7. The molecule has 6 rings (SSSR count). The van der Waals surface area contributed by atoms with Crippen LogP contribution >= 0.6 is 0 Å². The zero-order valence-electron chi connectivity index (χ0n) is 20.5. The molecule has 0 spiro atoms. The van der Waals surface area contributed by atoms with Crippen LogP contribution in [0.1, 0.15) is 34.3 Å². The van der Waals surface area contributed by atoms with Crippen LogP contribution in [0.2, 0.25) is 0 Å². The van der Waals surface area contributed by atoms with Crippen LogP contribution in [-0.2, 0) is 22.7 Å². The van der Waals surface area contributed by atoms with Crippen molar-refractivity contribution in [3.63, 3.8) is 0 Å². The lowest BCUT2D eigenvalue weighted by Gasteiger charge is -2.36. The molecule has 3 amide bonds. The van der Waals surface area contributed by atoms with E-state index < -0.39 is 11.9 Å². The van der Waals surface area contributed by atoms with Crippen molar-refractivity contribution in [1.29, 1.82) is 0 Å². The summed E-state index contributed by atoms with van der Waals surface area (Å²) in [4.78, 5) is 52.0. The Bertz CT molecular complexity index is 1350. The van der Waals surface area contributed by atoms with Crippen LogP contribution in [0, 0.1) is 0 Å². The summed E-state index contributed by atoms with van der Waals surface area (Å²) in [5.74, 6) is -0.841. The number of nitrogens with one attached hydrogen (secondary N) is 1. The highest BCUT2D eigenvalue weighted by Crippen LogP contribution is 2.31. The van der Waals surface area contributed by atoms with Gasteiger partial charge in [0.1, 0.15) is 6.04 Å². The van der Waals surface area contributed by atoms with Gasteiger partial charge >= 0.3 is 0 Å². The summed E-state index contributed by atoms with van der Waals surface area (Å²) in [7, 11) is 0. The molecule has 1 unspecified atom stereocenters. The number of aromatic nitrogens is 2. The van der Waals surface area contributed by atoms with Gasteiger partial charge in [0.25, 0.3) is 5.91 Å². The number of carbonyl (C=O) groups excluding carboxylic acids is 3. The lowest BCUT2D eigenvalue weighted by Crippen LogP contribution is -2.52. The molecule has 1 atom stereocenters. The topological polar surface area (TPSA) is 98.7 Å². The van der Waals surface area contributed by atoms with Crippen molar-refractivity contribution in [2.75, 3.05) is 31.1 Å².